The molecule has 0 fully saturated rings. The normalized spacial score (nSPS) is 10.4. The number of carboxylic acid groups (broad SMARTS) is 1. The number of carbonyl (C=O) groups is 1. The van der Waals surface area contributed by atoms with Crippen LogP contribution in [-0.2, 0) is 4.79 Å². The Morgan fingerprint density at radius 3 is 2.79 bits per heavy atom. The molecule has 0 unspecified atom stereocenters. The third-order valence-corrected chi connectivity index (χ3v) is 2.69. The van der Waals surface area contributed by atoms with Crippen molar-refractivity contribution in [2.45, 2.75) is 0 Å². The molecule has 7 heteroatoms. The van der Waals surface area contributed by atoms with Crippen LogP contribution in [0.5, 0.6) is 0 Å². The molecule has 0 saturated heterocycles. The van der Waals surface area contributed by atoms with Gasteiger partial charge in [-0.15, -0.1) is 0 Å². The van der Waals surface area contributed by atoms with Gasteiger partial charge in [-0.3, -0.25) is 14.9 Å². The van der Waals surface area contributed by atoms with Crippen LogP contribution >= 0.6 is 0 Å². The number of nitrogens with zero attached hydrogens (tertiary/aromatic N) is 3. The molecular formula is C12H11N3O4. The Balaban J connectivity index is 2.61. The molecule has 19 heavy (non-hydrogen) atoms. The van der Waals surface area contributed by atoms with E-state index in [1.165, 1.54) is 17.2 Å². The number of benzene rings is 1. The summed E-state index contributed by atoms with van der Waals surface area (Å²) in [7, 11) is 1.58. The zero-order chi connectivity index (χ0) is 14.0. The Bertz CT molecular complexity index is 656. The van der Waals surface area contributed by atoms with E-state index >= 15 is 0 Å². The van der Waals surface area contributed by atoms with Crippen LogP contribution in [0.4, 0.5) is 11.5 Å². The van der Waals surface area contributed by atoms with Crippen LogP contribution in [-0.4, -0.2) is 34.6 Å². The number of hydrogen-bond donors (Lipinski definition) is 1. The fraction of sp³-hybridized carbons (Fsp3) is 0.167. The number of pyridine rings is 1. The van der Waals surface area contributed by atoms with Crippen LogP contribution in [0.15, 0.2) is 30.5 Å². The molecule has 0 saturated carbocycles. The highest BCUT2D eigenvalue weighted by atomic mass is 16.6. The quantitative estimate of drug-likeness (QED) is 0.664. The molecule has 0 amide bonds. The smallest absolute Gasteiger partial charge is 0.323 e. The molecule has 98 valence electrons. The van der Waals surface area contributed by atoms with Crippen molar-refractivity contribution in [1.29, 1.82) is 0 Å². The summed E-state index contributed by atoms with van der Waals surface area (Å²) >= 11 is 0. The van der Waals surface area contributed by atoms with Crippen LogP contribution in [0.1, 0.15) is 0 Å². The van der Waals surface area contributed by atoms with Crippen molar-refractivity contribution >= 4 is 28.2 Å². The third kappa shape index (κ3) is 2.44. The van der Waals surface area contributed by atoms with Gasteiger partial charge in [0.25, 0.3) is 5.69 Å². The maximum Gasteiger partial charge on any atom is 0.323 e. The van der Waals surface area contributed by atoms with Gasteiger partial charge >= 0.3 is 5.97 Å². The molecule has 2 rings (SSSR count). The molecule has 0 bridgehead atoms. The summed E-state index contributed by atoms with van der Waals surface area (Å²) in [5, 5.41) is 20.7. The molecule has 1 aromatic carbocycles. The van der Waals surface area contributed by atoms with Crippen molar-refractivity contribution in [3.8, 4) is 0 Å². The van der Waals surface area contributed by atoms with Crippen molar-refractivity contribution in [1.82, 2.24) is 4.98 Å². The van der Waals surface area contributed by atoms with E-state index in [9.17, 15) is 14.9 Å². The minimum absolute atomic E-state index is 0.0233. The van der Waals surface area contributed by atoms with E-state index in [2.05, 4.69) is 4.98 Å². The van der Waals surface area contributed by atoms with Crippen molar-refractivity contribution in [2.75, 3.05) is 18.5 Å². The number of nitro benzene ring substituents is 1. The summed E-state index contributed by atoms with van der Waals surface area (Å²) in [6.07, 6.45) is 1.43. The van der Waals surface area contributed by atoms with Gasteiger partial charge in [0.2, 0.25) is 0 Å². The van der Waals surface area contributed by atoms with E-state index in [1.54, 1.807) is 25.2 Å². The number of rotatable bonds is 4. The first-order chi connectivity index (χ1) is 9.00. The van der Waals surface area contributed by atoms with Gasteiger partial charge in [0.05, 0.1) is 10.3 Å². The molecule has 0 spiro atoms. The van der Waals surface area contributed by atoms with E-state index in [1.807, 2.05) is 0 Å². The van der Waals surface area contributed by atoms with Crippen LogP contribution in [0, 0.1) is 10.1 Å². The van der Waals surface area contributed by atoms with Crippen molar-refractivity contribution in [2.24, 2.45) is 0 Å². The van der Waals surface area contributed by atoms with E-state index in [0.29, 0.717) is 16.6 Å². The van der Waals surface area contributed by atoms with Gasteiger partial charge in [0.15, 0.2) is 0 Å². The Morgan fingerprint density at radius 2 is 2.16 bits per heavy atom. The standard InChI is InChI=1S/C12H11N3O4/c1-14(7-11(16)17)12-9-3-2-4-10(15(18)19)8(9)5-6-13-12/h2-6H,7H2,1H3,(H,16,17). The molecule has 0 radical (unpaired) electrons. The first-order valence-electron chi connectivity index (χ1n) is 5.45. The predicted octanol–water partition coefficient (Wildman–Crippen LogP) is 1.66. The highest BCUT2D eigenvalue weighted by Crippen LogP contribution is 2.30. The number of likely N-dealkylation sites (N-methyl/N-ethyl adjacent to an activating group) is 1. The van der Waals surface area contributed by atoms with Crippen molar-refractivity contribution in [3.05, 3.63) is 40.6 Å². The average molecular weight is 261 g/mol. The van der Waals surface area contributed by atoms with Crippen LogP contribution in [0.3, 0.4) is 0 Å². The number of aromatic nitrogens is 1. The Hall–Kier alpha value is -2.70. The summed E-state index contributed by atoms with van der Waals surface area (Å²) in [6.45, 7) is -0.227. The second-order valence-corrected chi connectivity index (χ2v) is 4.01. The molecule has 2 aromatic rings. The summed E-state index contributed by atoms with van der Waals surface area (Å²) in [5.41, 5.74) is -0.0233. The molecule has 1 N–H and O–H groups in total. The SMILES string of the molecule is CN(CC(=O)O)c1nccc2c([N+](=O)[O-])cccc12. The number of aliphatic carboxylic acids is 1. The first kappa shape index (κ1) is 12.7. The number of fused-ring (bicyclic) bond motifs is 1. The van der Waals surface area contributed by atoms with Gasteiger partial charge in [-0.2, -0.15) is 0 Å². The summed E-state index contributed by atoms with van der Waals surface area (Å²) in [4.78, 5) is 26.7. The van der Waals surface area contributed by atoms with Gasteiger partial charge in [0.1, 0.15) is 12.4 Å². The average Bonchev–Trinajstić information content (AvgIpc) is 2.36. The van der Waals surface area contributed by atoms with E-state index < -0.39 is 10.9 Å². The fourth-order valence-electron chi connectivity index (χ4n) is 1.92. The minimum atomic E-state index is -0.994. The van der Waals surface area contributed by atoms with E-state index in [0.717, 1.165) is 0 Å². The lowest BCUT2D eigenvalue weighted by Crippen LogP contribution is -2.26. The number of hydrogen-bond acceptors (Lipinski definition) is 5. The monoisotopic (exact) mass is 261 g/mol. The third-order valence-electron chi connectivity index (χ3n) is 2.69. The second-order valence-electron chi connectivity index (χ2n) is 4.01. The van der Waals surface area contributed by atoms with Crippen LogP contribution < -0.4 is 4.90 Å². The lowest BCUT2D eigenvalue weighted by Gasteiger charge is -2.17. The minimum Gasteiger partial charge on any atom is -0.480 e. The summed E-state index contributed by atoms with van der Waals surface area (Å²) in [5.74, 6) is -0.588. The fourth-order valence-corrected chi connectivity index (χ4v) is 1.92. The molecule has 0 aliphatic heterocycles. The topological polar surface area (TPSA) is 96.6 Å². The first-order valence-corrected chi connectivity index (χ1v) is 5.45. The van der Waals surface area contributed by atoms with Gasteiger partial charge in [0, 0.05) is 24.7 Å². The molecule has 1 aromatic heterocycles. The largest absolute Gasteiger partial charge is 0.480 e. The lowest BCUT2D eigenvalue weighted by atomic mass is 10.1. The van der Waals surface area contributed by atoms with Crippen LogP contribution in [0.2, 0.25) is 0 Å². The summed E-state index contributed by atoms with van der Waals surface area (Å²) in [6, 6.07) is 6.19. The Labute approximate surface area is 108 Å². The number of non-ortho nitro benzene ring substituents is 1. The van der Waals surface area contributed by atoms with Gasteiger partial charge in [-0.25, -0.2) is 4.98 Å². The Kier molecular flexibility index (Phi) is 3.28. The molecule has 7 nitrogen and oxygen atoms in total. The van der Waals surface area contributed by atoms with Gasteiger partial charge < -0.3 is 10.0 Å². The zero-order valence-electron chi connectivity index (χ0n) is 10.1. The van der Waals surface area contributed by atoms with Gasteiger partial charge in [-0.1, -0.05) is 12.1 Å². The van der Waals surface area contributed by atoms with Crippen LogP contribution in [0.25, 0.3) is 10.8 Å². The molecule has 1 heterocycles. The maximum absolute atomic E-state index is 11.0. The Morgan fingerprint density at radius 1 is 1.42 bits per heavy atom. The highest BCUT2D eigenvalue weighted by molar-refractivity contribution is 5.98. The van der Waals surface area contributed by atoms with Crippen molar-refractivity contribution < 1.29 is 14.8 Å². The number of nitro groups is 1. The summed E-state index contributed by atoms with van der Waals surface area (Å²) < 4.78 is 0. The van der Waals surface area contributed by atoms with E-state index in [4.69, 9.17) is 5.11 Å². The highest BCUT2D eigenvalue weighted by Gasteiger charge is 2.16. The lowest BCUT2D eigenvalue weighted by molar-refractivity contribution is -0.383. The molecular weight excluding hydrogens is 250 g/mol. The predicted molar refractivity (Wildman–Crippen MR) is 69.3 cm³/mol. The zero-order valence-corrected chi connectivity index (χ0v) is 10.1. The van der Waals surface area contributed by atoms with Crippen molar-refractivity contribution in [3.63, 3.8) is 0 Å². The number of carboxylic acids is 1. The maximum atomic E-state index is 11.0. The van der Waals surface area contributed by atoms with Gasteiger partial charge in [-0.05, 0) is 6.07 Å². The second kappa shape index (κ2) is 4.89. The number of anilines is 1. The molecule has 0 aliphatic carbocycles. The molecule has 0 atom stereocenters. The van der Waals surface area contributed by atoms with E-state index in [-0.39, 0.29) is 12.2 Å². The molecule has 0 aliphatic rings.